The molecular weight excluding hydrogens is 224 g/mol. The van der Waals surface area contributed by atoms with Gasteiger partial charge in [-0.1, -0.05) is 17.7 Å². The third-order valence-electron chi connectivity index (χ3n) is 2.93. The second-order valence-corrected chi connectivity index (χ2v) is 4.31. The third-order valence-corrected chi connectivity index (χ3v) is 2.93. The molecule has 0 spiro atoms. The smallest absolute Gasteiger partial charge is 0.153 e. The molecule has 0 amide bonds. The first-order valence-electron chi connectivity index (χ1n) is 5.91. The van der Waals surface area contributed by atoms with Crippen molar-refractivity contribution in [3.8, 4) is 11.5 Å². The molecule has 0 saturated carbocycles. The second kappa shape index (κ2) is 4.18. The molecule has 0 radical (unpaired) electrons. The summed E-state index contributed by atoms with van der Waals surface area (Å²) < 4.78 is 5.82. The highest BCUT2D eigenvalue weighted by molar-refractivity contribution is 5.82. The topological polar surface area (TPSA) is 38.1 Å². The molecule has 90 valence electrons. The van der Waals surface area contributed by atoms with E-state index < -0.39 is 0 Å². The van der Waals surface area contributed by atoms with Crippen LogP contribution >= 0.6 is 0 Å². The van der Waals surface area contributed by atoms with Crippen molar-refractivity contribution >= 4 is 16.8 Å². The van der Waals surface area contributed by atoms with E-state index in [-0.39, 0.29) is 0 Å². The summed E-state index contributed by atoms with van der Waals surface area (Å²) in [6.07, 6.45) is 0. The maximum atomic E-state index is 5.82. The fraction of sp³-hybridized carbons (Fsp3) is 0.133. The molecule has 3 nitrogen and oxygen atoms in total. The number of aromatic nitrogens is 1. The van der Waals surface area contributed by atoms with Crippen LogP contribution in [0.5, 0.6) is 0 Å². The highest BCUT2D eigenvalue weighted by atomic mass is 16.3. The molecule has 0 unspecified atom stereocenters. The average molecular weight is 238 g/mol. The highest BCUT2D eigenvalue weighted by Crippen LogP contribution is 2.27. The van der Waals surface area contributed by atoms with Crippen molar-refractivity contribution in [2.45, 2.75) is 6.92 Å². The second-order valence-electron chi connectivity index (χ2n) is 4.31. The van der Waals surface area contributed by atoms with Gasteiger partial charge in [0, 0.05) is 12.4 Å². The molecule has 18 heavy (non-hydrogen) atoms. The van der Waals surface area contributed by atoms with E-state index in [9.17, 15) is 0 Å². The van der Waals surface area contributed by atoms with Crippen LogP contribution in [0.15, 0.2) is 46.9 Å². The fourth-order valence-electron chi connectivity index (χ4n) is 2.00. The lowest BCUT2D eigenvalue weighted by Crippen LogP contribution is -1.92. The molecule has 1 N–H and O–H groups in total. The van der Waals surface area contributed by atoms with Crippen LogP contribution in [0.2, 0.25) is 0 Å². The van der Waals surface area contributed by atoms with E-state index in [0.29, 0.717) is 0 Å². The molecule has 1 aromatic carbocycles. The monoisotopic (exact) mass is 238 g/mol. The lowest BCUT2D eigenvalue weighted by molar-refractivity contribution is 0.629. The van der Waals surface area contributed by atoms with Gasteiger partial charge in [-0.25, -0.2) is 4.98 Å². The summed E-state index contributed by atoms with van der Waals surface area (Å²) in [5, 5.41) is 4.14. The third kappa shape index (κ3) is 1.84. The summed E-state index contributed by atoms with van der Waals surface area (Å²) in [6, 6.07) is 14.0. The van der Waals surface area contributed by atoms with Crippen LogP contribution in [-0.2, 0) is 0 Å². The standard InChI is InChI=1S/C15H14N2O/c1-10-6-7-13-11(8-10)9-14(18-13)12-4-3-5-15(16-2)17-12/h3-9H,1-2H3,(H,16,17). The van der Waals surface area contributed by atoms with Gasteiger partial charge in [0.15, 0.2) is 5.76 Å². The van der Waals surface area contributed by atoms with Gasteiger partial charge in [-0.2, -0.15) is 0 Å². The van der Waals surface area contributed by atoms with Crippen molar-refractivity contribution < 1.29 is 4.42 Å². The summed E-state index contributed by atoms with van der Waals surface area (Å²) >= 11 is 0. The van der Waals surface area contributed by atoms with E-state index in [1.807, 2.05) is 43.4 Å². The maximum absolute atomic E-state index is 5.82. The zero-order valence-corrected chi connectivity index (χ0v) is 10.4. The summed E-state index contributed by atoms with van der Waals surface area (Å²) in [4.78, 5) is 4.47. The van der Waals surface area contributed by atoms with E-state index in [1.54, 1.807) is 0 Å². The molecule has 3 rings (SSSR count). The summed E-state index contributed by atoms with van der Waals surface area (Å²) in [7, 11) is 1.86. The predicted octanol–water partition coefficient (Wildman–Crippen LogP) is 3.84. The quantitative estimate of drug-likeness (QED) is 0.737. The van der Waals surface area contributed by atoms with Gasteiger partial charge in [0.2, 0.25) is 0 Å². The zero-order valence-electron chi connectivity index (χ0n) is 10.4. The molecule has 2 aromatic heterocycles. The van der Waals surface area contributed by atoms with Crippen LogP contribution in [-0.4, -0.2) is 12.0 Å². The molecular formula is C15H14N2O. The first-order valence-corrected chi connectivity index (χ1v) is 5.91. The van der Waals surface area contributed by atoms with Crippen molar-refractivity contribution in [3.05, 3.63) is 48.0 Å². The Balaban J connectivity index is 2.13. The van der Waals surface area contributed by atoms with E-state index in [2.05, 4.69) is 23.3 Å². The van der Waals surface area contributed by atoms with Gasteiger partial charge in [-0.3, -0.25) is 0 Å². The minimum Gasteiger partial charge on any atom is -0.454 e. The number of hydrogen-bond donors (Lipinski definition) is 1. The Hall–Kier alpha value is -2.29. The van der Waals surface area contributed by atoms with Gasteiger partial charge in [0.25, 0.3) is 0 Å². The van der Waals surface area contributed by atoms with Gasteiger partial charge >= 0.3 is 0 Å². The number of fused-ring (bicyclic) bond motifs is 1. The number of rotatable bonds is 2. The summed E-state index contributed by atoms with van der Waals surface area (Å²) in [5.41, 5.74) is 2.97. The van der Waals surface area contributed by atoms with E-state index >= 15 is 0 Å². The number of nitrogens with one attached hydrogen (secondary N) is 1. The number of pyridine rings is 1. The van der Waals surface area contributed by atoms with Crippen molar-refractivity contribution in [2.75, 3.05) is 12.4 Å². The first-order chi connectivity index (χ1) is 8.76. The van der Waals surface area contributed by atoms with Crippen LogP contribution in [0, 0.1) is 6.92 Å². The number of nitrogens with zero attached hydrogens (tertiary/aromatic N) is 1. The molecule has 0 saturated heterocycles. The van der Waals surface area contributed by atoms with Crippen molar-refractivity contribution in [3.63, 3.8) is 0 Å². The Morgan fingerprint density at radius 1 is 1.11 bits per heavy atom. The van der Waals surface area contributed by atoms with Gasteiger partial charge in [-0.05, 0) is 37.3 Å². The number of hydrogen-bond acceptors (Lipinski definition) is 3. The van der Waals surface area contributed by atoms with Crippen molar-refractivity contribution in [1.82, 2.24) is 4.98 Å². The largest absolute Gasteiger partial charge is 0.454 e. The van der Waals surface area contributed by atoms with E-state index in [4.69, 9.17) is 4.42 Å². The van der Waals surface area contributed by atoms with Gasteiger partial charge < -0.3 is 9.73 Å². The SMILES string of the molecule is CNc1cccc(-c2cc3cc(C)ccc3o2)n1. The van der Waals surface area contributed by atoms with Crippen LogP contribution in [0.3, 0.4) is 0 Å². The van der Waals surface area contributed by atoms with E-state index in [0.717, 1.165) is 28.2 Å². The fourth-order valence-corrected chi connectivity index (χ4v) is 2.00. The lowest BCUT2D eigenvalue weighted by atomic mass is 10.2. The van der Waals surface area contributed by atoms with Crippen LogP contribution in [0.4, 0.5) is 5.82 Å². The summed E-state index contributed by atoms with van der Waals surface area (Å²) in [5.74, 6) is 1.64. The average Bonchev–Trinajstić information content (AvgIpc) is 2.81. The van der Waals surface area contributed by atoms with Gasteiger partial charge in [-0.15, -0.1) is 0 Å². The van der Waals surface area contributed by atoms with E-state index in [1.165, 1.54) is 5.56 Å². The first kappa shape index (κ1) is 10.8. The molecule has 0 bridgehead atoms. The lowest BCUT2D eigenvalue weighted by Gasteiger charge is -2.00. The van der Waals surface area contributed by atoms with Crippen LogP contribution < -0.4 is 5.32 Å². The number of anilines is 1. The molecule has 0 aliphatic carbocycles. The molecule has 0 aliphatic heterocycles. The normalized spacial score (nSPS) is 10.8. The molecule has 0 fully saturated rings. The minimum absolute atomic E-state index is 0.799. The Morgan fingerprint density at radius 3 is 2.83 bits per heavy atom. The molecule has 3 aromatic rings. The zero-order chi connectivity index (χ0) is 12.5. The minimum atomic E-state index is 0.799. The highest BCUT2D eigenvalue weighted by Gasteiger charge is 2.07. The van der Waals surface area contributed by atoms with Crippen molar-refractivity contribution in [1.29, 1.82) is 0 Å². The Morgan fingerprint density at radius 2 is 2.00 bits per heavy atom. The van der Waals surface area contributed by atoms with Crippen LogP contribution in [0.1, 0.15) is 5.56 Å². The predicted molar refractivity (Wildman–Crippen MR) is 73.7 cm³/mol. The van der Waals surface area contributed by atoms with Crippen LogP contribution in [0.25, 0.3) is 22.4 Å². The van der Waals surface area contributed by atoms with Gasteiger partial charge in [0.1, 0.15) is 17.1 Å². The maximum Gasteiger partial charge on any atom is 0.153 e. The number of benzene rings is 1. The Labute approximate surface area is 105 Å². The summed E-state index contributed by atoms with van der Waals surface area (Å²) in [6.45, 7) is 2.08. The molecule has 0 aliphatic rings. The van der Waals surface area contributed by atoms with Crippen molar-refractivity contribution in [2.24, 2.45) is 0 Å². The molecule has 2 heterocycles. The Bertz CT molecular complexity index is 701. The molecule has 3 heteroatoms. The number of aryl methyl sites for hydroxylation is 1. The number of furan rings is 1. The molecule has 0 atom stereocenters. The van der Waals surface area contributed by atoms with Gasteiger partial charge in [0.05, 0.1) is 0 Å². The Kier molecular flexibility index (Phi) is 2.52.